The number of carbonyl (C=O) groups excluding carboxylic acids is 2. The Morgan fingerprint density at radius 1 is 1.27 bits per heavy atom. The molecule has 2 aromatic carbocycles. The van der Waals surface area contributed by atoms with Gasteiger partial charge in [-0.05, 0) is 29.8 Å². The number of benzene rings is 2. The van der Waals surface area contributed by atoms with Crippen molar-refractivity contribution in [2.75, 3.05) is 7.11 Å². The van der Waals surface area contributed by atoms with Gasteiger partial charge in [0.15, 0.2) is 0 Å². The summed E-state index contributed by atoms with van der Waals surface area (Å²) in [7, 11) is 1.32. The standard InChI is InChI=1S/C19H17FN2O4/c1-25-19(24)13-7-5-12(6-8-13)11-21-18(23)17-10-16(22-26-17)14-3-2-4-15(20)9-14/h2-9,17H,10-11H2,1H3,(H,21,23). The summed E-state index contributed by atoms with van der Waals surface area (Å²) < 4.78 is 17.9. The Balaban J connectivity index is 1.53. The maximum Gasteiger partial charge on any atom is 0.337 e. The van der Waals surface area contributed by atoms with Gasteiger partial charge in [0.05, 0.1) is 18.4 Å². The number of hydrogen-bond acceptors (Lipinski definition) is 5. The van der Waals surface area contributed by atoms with Crippen molar-refractivity contribution in [3.63, 3.8) is 0 Å². The van der Waals surface area contributed by atoms with Crippen LogP contribution in [0.15, 0.2) is 53.7 Å². The van der Waals surface area contributed by atoms with Gasteiger partial charge in [-0.2, -0.15) is 0 Å². The van der Waals surface area contributed by atoms with E-state index in [1.165, 1.54) is 19.2 Å². The number of carbonyl (C=O) groups is 2. The molecule has 1 aliphatic rings. The SMILES string of the molecule is COC(=O)c1ccc(CNC(=O)C2CC(c3cccc(F)c3)=NO2)cc1. The predicted molar refractivity (Wildman–Crippen MR) is 92.1 cm³/mol. The van der Waals surface area contributed by atoms with E-state index < -0.39 is 12.1 Å². The van der Waals surface area contributed by atoms with Gasteiger partial charge in [-0.3, -0.25) is 4.79 Å². The fourth-order valence-corrected chi connectivity index (χ4v) is 2.54. The van der Waals surface area contributed by atoms with Crippen LogP contribution in [0.3, 0.4) is 0 Å². The summed E-state index contributed by atoms with van der Waals surface area (Å²) in [5.41, 5.74) is 2.40. The highest BCUT2D eigenvalue weighted by molar-refractivity contribution is 6.04. The van der Waals surface area contributed by atoms with Gasteiger partial charge in [0.2, 0.25) is 6.10 Å². The number of ether oxygens (including phenoxy) is 1. The summed E-state index contributed by atoms with van der Waals surface area (Å²) in [4.78, 5) is 28.8. The number of nitrogens with one attached hydrogen (secondary N) is 1. The molecule has 0 radical (unpaired) electrons. The second-order valence-corrected chi connectivity index (χ2v) is 5.75. The smallest absolute Gasteiger partial charge is 0.337 e. The number of amides is 1. The first-order valence-corrected chi connectivity index (χ1v) is 8.00. The minimum atomic E-state index is -0.748. The molecule has 2 aromatic rings. The van der Waals surface area contributed by atoms with Crippen molar-refractivity contribution in [1.82, 2.24) is 5.32 Å². The second kappa shape index (κ2) is 7.77. The van der Waals surface area contributed by atoms with Gasteiger partial charge >= 0.3 is 5.97 Å². The van der Waals surface area contributed by atoms with Crippen molar-refractivity contribution in [3.05, 3.63) is 71.0 Å². The minimum absolute atomic E-state index is 0.274. The van der Waals surface area contributed by atoms with Crippen LogP contribution in [0.5, 0.6) is 0 Å². The zero-order valence-electron chi connectivity index (χ0n) is 14.1. The predicted octanol–water partition coefficient (Wildman–Crippen LogP) is 2.42. The summed E-state index contributed by atoms with van der Waals surface area (Å²) in [6.45, 7) is 0.287. The molecule has 134 valence electrons. The van der Waals surface area contributed by atoms with Crippen LogP contribution < -0.4 is 5.32 Å². The van der Waals surface area contributed by atoms with E-state index in [1.54, 1.807) is 36.4 Å². The number of oxime groups is 1. The molecule has 1 atom stereocenters. The fourth-order valence-electron chi connectivity index (χ4n) is 2.54. The molecule has 0 aromatic heterocycles. The minimum Gasteiger partial charge on any atom is -0.465 e. The van der Waals surface area contributed by atoms with Crippen molar-refractivity contribution in [1.29, 1.82) is 0 Å². The van der Waals surface area contributed by atoms with Crippen LogP contribution in [0.25, 0.3) is 0 Å². The summed E-state index contributed by atoms with van der Waals surface area (Å²) in [6, 6.07) is 12.7. The molecule has 1 unspecified atom stereocenters. The van der Waals surface area contributed by atoms with E-state index >= 15 is 0 Å². The van der Waals surface area contributed by atoms with Gasteiger partial charge in [-0.15, -0.1) is 0 Å². The Labute approximate surface area is 149 Å². The van der Waals surface area contributed by atoms with Gasteiger partial charge in [0, 0.05) is 18.5 Å². The second-order valence-electron chi connectivity index (χ2n) is 5.75. The monoisotopic (exact) mass is 356 g/mol. The number of rotatable bonds is 5. The van der Waals surface area contributed by atoms with Gasteiger partial charge in [-0.1, -0.05) is 29.4 Å². The molecule has 1 aliphatic heterocycles. The molecule has 0 bridgehead atoms. The van der Waals surface area contributed by atoms with E-state index in [4.69, 9.17) is 4.84 Å². The van der Waals surface area contributed by atoms with Crippen LogP contribution in [-0.2, 0) is 20.9 Å². The van der Waals surface area contributed by atoms with Crippen molar-refractivity contribution in [2.45, 2.75) is 19.1 Å². The van der Waals surface area contributed by atoms with Gasteiger partial charge in [0.25, 0.3) is 5.91 Å². The molecule has 1 heterocycles. The van der Waals surface area contributed by atoms with E-state index in [1.807, 2.05) is 0 Å². The molecule has 0 aliphatic carbocycles. The zero-order valence-corrected chi connectivity index (χ0v) is 14.1. The first kappa shape index (κ1) is 17.6. The molecule has 0 saturated carbocycles. The Kier molecular flexibility index (Phi) is 5.26. The molecule has 1 N–H and O–H groups in total. The van der Waals surface area contributed by atoms with Gasteiger partial charge in [0.1, 0.15) is 5.82 Å². The molecule has 1 amide bonds. The van der Waals surface area contributed by atoms with Crippen LogP contribution in [0.2, 0.25) is 0 Å². The fraction of sp³-hybridized carbons (Fsp3) is 0.211. The lowest BCUT2D eigenvalue weighted by atomic mass is 10.0. The van der Waals surface area contributed by atoms with Gasteiger partial charge in [-0.25, -0.2) is 9.18 Å². The summed E-state index contributed by atoms with van der Waals surface area (Å²) in [6.07, 6.45) is -0.473. The molecule has 3 rings (SSSR count). The number of hydrogen-bond donors (Lipinski definition) is 1. The maximum atomic E-state index is 13.3. The van der Waals surface area contributed by atoms with E-state index in [9.17, 15) is 14.0 Å². The summed E-state index contributed by atoms with van der Waals surface area (Å²) >= 11 is 0. The molecule has 0 spiro atoms. The van der Waals surface area contributed by atoms with E-state index in [0.29, 0.717) is 16.8 Å². The average molecular weight is 356 g/mol. The highest BCUT2D eigenvalue weighted by Gasteiger charge is 2.28. The average Bonchev–Trinajstić information content (AvgIpc) is 3.16. The van der Waals surface area contributed by atoms with Crippen LogP contribution in [0.4, 0.5) is 4.39 Å². The largest absolute Gasteiger partial charge is 0.465 e. The normalized spacial score (nSPS) is 15.8. The zero-order chi connectivity index (χ0) is 18.5. The third kappa shape index (κ3) is 4.05. The van der Waals surface area contributed by atoms with Crippen molar-refractivity contribution >= 4 is 17.6 Å². The Morgan fingerprint density at radius 2 is 2.04 bits per heavy atom. The summed E-state index contributed by atoms with van der Waals surface area (Å²) in [5, 5.41) is 6.64. The Morgan fingerprint density at radius 3 is 2.73 bits per heavy atom. The van der Waals surface area contributed by atoms with E-state index in [2.05, 4.69) is 15.2 Å². The lowest BCUT2D eigenvalue weighted by Gasteiger charge is -2.10. The van der Waals surface area contributed by atoms with Crippen molar-refractivity contribution in [2.24, 2.45) is 5.16 Å². The highest BCUT2D eigenvalue weighted by atomic mass is 19.1. The Bertz CT molecular complexity index is 849. The lowest BCUT2D eigenvalue weighted by molar-refractivity contribution is -0.131. The van der Waals surface area contributed by atoms with E-state index in [-0.39, 0.29) is 24.7 Å². The first-order valence-electron chi connectivity index (χ1n) is 8.00. The number of methoxy groups -OCH3 is 1. The van der Waals surface area contributed by atoms with Crippen LogP contribution in [-0.4, -0.2) is 30.8 Å². The van der Waals surface area contributed by atoms with Crippen molar-refractivity contribution in [3.8, 4) is 0 Å². The molecule has 0 saturated heterocycles. The van der Waals surface area contributed by atoms with Crippen LogP contribution >= 0.6 is 0 Å². The molecule has 0 fully saturated rings. The maximum absolute atomic E-state index is 13.3. The van der Waals surface area contributed by atoms with Crippen molar-refractivity contribution < 1.29 is 23.6 Å². The number of halogens is 1. The lowest BCUT2D eigenvalue weighted by Crippen LogP contribution is -2.34. The number of esters is 1. The molecule has 26 heavy (non-hydrogen) atoms. The molecular formula is C19H17FN2O4. The first-order chi connectivity index (χ1) is 12.6. The molecule has 7 heteroatoms. The van der Waals surface area contributed by atoms with E-state index in [0.717, 1.165) is 5.56 Å². The van der Waals surface area contributed by atoms with Crippen LogP contribution in [0.1, 0.15) is 27.9 Å². The quantitative estimate of drug-likeness (QED) is 0.835. The summed E-state index contributed by atoms with van der Waals surface area (Å²) in [5.74, 6) is -1.09. The third-order valence-electron chi connectivity index (χ3n) is 3.96. The van der Waals surface area contributed by atoms with Gasteiger partial charge < -0.3 is 14.9 Å². The molecule has 6 nitrogen and oxygen atoms in total. The highest BCUT2D eigenvalue weighted by Crippen LogP contribution is 2.17. The van der Waals surface area contributed by atoms with Crippen LogP contribution in [0, 0.1) is 5.82 Å². The topological polar surface area (TPSA) is 77.0 Å². The third-order valence-corrected chi connectivity index (χ3v) is 3.96. The Hall–Kier alpha value is -3.22. The number of nitrogens with zero attached hydrogens (tertiary/aromatic N) is 1. The molecular weight excluding hydrogens is 339 g/mol.